The van der Waals surface area contributed by atoms with E-state index in [-0.39, 0.29) is 6.04 Å². The fourth-order valence-electron chi connectivity index (χ4n) is 3.63. The van der Waals surface area contributed by atoms with E-state index in [0.717, 1.165) is 26.1 Å². The Morgan fingerprint density at radius 1 is 1.00 bits per heavy atom. The Labute approximate surface area is 172 Å². The fraction of sp³-hybridized carbons (Fsp3) is 0.810. The maximum Gasteiger partial charge on any atom is 0.451 e. The van der Waals surface area contributed by atoms with Crippen LogP contribution in [0.1, 0.15) is 75.7 Å². The second kappa shape index (κ2) is 13.1. The molecule has 1 N–H and O–H groups in total. The first kappa shape index (κ1) is 24.0. The lowest BCUT2D eigenvalue weighted by atomic mass is 10.1. The second-order valence-corrected chi connectivity index (χ2v) is 7.68. The molecule has 0 spiro atoms. The number of nitrogens with one attached hydrogen (secondary N) is 1. The highest BCUT2D eigenvalue weighted by Crippen LogP contribution is 2.27. The normalized spacial score (nSPS) is 16.8. The number of hydrogen-bond acceptors (Lipinski definition) is 5. The smallest absolute Gasteiger partial charge is 0.379 e. The maximum atomic E-state index is 12.7. The zero-order chi connectivity index (χ0) is 21.0. The zero-order valence-corrected chi connectivity index (χ0v) is 17.5. The molecular weight excluding hydrogens is 381 g/mol. The van der Waals surface area contributed by atoms with Gasteiger partial charge < -0.3 is 10.1 Å². The molecule has 0 amide bonds. The monoisotopic (exact) mass is 416 g/mol. The summed E-state index contributed by atoms with van der Waals surface area (Å²) >= 11 is 0. The van der Waals surface area contributed by atoms with Gasteiger partial charge in [0.15, 0.2) is 0 Å². The molecule has 0 unspecified atom stereocenters. The summed E-state index contributed by atoms with van der Waals surface area (Å²) in [4.78, 5) is 9.32. The van der Waals surface area contributed by atoms with E-state index in [0.29, 0.717) is 25.3 Å². The van der Waals surface area contributed by atoms with Crippen LogP contribution in [0, 0.1) is 0 Å². The molecule has 29 heavy (non-hydrogen) atoms. The summed E-state index contributed by atoms with van der Waals surface area (Å²) in [5.41, 5.74) is 0.711. The number of rotatable bonds is 13. The van der Waals surface area contributed by atoms with Gasteiger partial charge in [-0.3, -0.25) is 4.90 Å². The first-order valence-corrected chi connectivity index (χ1v) is 10.9. The quantitative estimate of drug-likeness (QED) is 0.476. The summed E-state index contributed by atoms with van der Waals surface area (Å²) < 4.78 is 43.7. The predicted octanol–water partition coefficient (Wildman–Crippen LogP) is 4.60. The molecule has 0 radical (unpaired) electrons. The average Bonchev–Trinajstić information content (AvgIpc) is 2.72. The summed E-state index contributed by atoms with van der Waals surface area (Å²) in [6, 6.07) is -0.0461. The summed E-state index contributed by atoms with van der Waals surface area (Å²) in [5.74, 6) is -1.09. The third-order valence-corrected chi connectivity index (χ3v) is 5.34. The average molecular weight is 417 g/mol. The molecule has 2 heterocycles. The van der Waals surface area contributed by atoms with Gasteiger partial charge in [0, 0.05) is 37.6 Å². The van der Waals surface area contributed by atoms with Gasteiger partial charge in [0.25, 0.3) is 0 Å². The molecule has 1 aliphatic heterocycles. The molecule has 2 rings (SSSR count). The lowest BCUT2D eigenvalue weighted by Crippen LogP contribution is -2.43. The van der Waals surface area contributed by atoms with E-state index < -0.39 is 12.0 Å². The Hall–Kier alpha value is -1.25. The summed E-state index contributed by atoms with van der Waals surface area (Å²) in [6.45, 7) is 6.59. The molecule has 166 valence electrons. The molecular formula is C21H35F3N4O. The minimum atomic E-state index is -4.51. The van der Waals surface area contributed by atoms with Gasteiger partial charge in [-0.1, -0.05) is 51.9 Å². The Kier molecular flexibility index (Phi) is 10.9. The highest BCUT2D eigenvalue weighted by molar-refractivity contribution is 5.13. The van der Waals surface area contributed by atoms with Crippen LogP contribution in [-0.4, -0.2) is 54.3 Å². The predicted molar refractivity (Wildman–Crippen MR) is 108 cm³/mol. The van der Waals surface area contributed by atoms with Crippen molar-refractivity contribution in [2.75, 3.05) is 39.4 Å². The van der Waals surface area contributed by atoms with Crippen LogP contribution in [-0.2, 0) is 10.9 Å². The Morgan fingerprint density at radius 2 is 1.59 bits per heavy atom. The highest BCUT2D eigenvalue weighted by Gasteiger charge is 2.34. The van der Waals surface area contributed by atoms with Crippen LogP contribution in [0.15, 0.2) is 12.4 Å². The minimum Gasteiger partial charge on any atom is -0.379 e. The first-order valence-electron chi connectivity index (χ1n) is 10.9. The summed E-state index contributed by atoms with van der Waals surface area (Å²) in [7, 11) is 0. The Bertz CT molecular complexity index is 548. The van der Waals surface area contributed by atoms with Crippen LogP contribution in [0.3, 0.4) is 0 Å². The number of nitrogens with zero attached hydrogens (tertiary/aromatic N) is 3. The lowest BCUT2D eigenvalue weighted by molar-refractivity contribution is -0.145. The van der Waals surface area contributed by atoms with E-state index in [9.17, 15) is 13.2 Å². The minimum absolute atomic E-state index is 0.0461. The van der Waals surface area contributed by atoms with E-state index in [1.54, 1.807) is 0 Å². The molecule has 8 heteroatoms. The van der Waals surface area contributed by atoms with E-state index >= 15 is 0 Å². The number of alkyl halides is 3. The molecule has 1 aliphatic rings. The third kappa shape index (κ3) is 8.97. The van der Waals surface area contributed by atoms with Crippen molar-refractivity contribution in [3.63, 3.8) is 0 Å². The van der Waals surface area contributed by atoms with Gasteiger partial charge in [-0.25, -0.2) is 9.97 Å². The van der Waals surface area contributed by atoms with Gasteiger partial charge in [-0.15, -0.1) is 0 Å². The zero-order valence-electron chi connectivity index (χ0n) is 17.5. The van der Waals surface area contributed by atoms with E-state index in [1.807, 2.05) is 0 Å². The Morgan fingerprint density at radius 3 is 2.17 bits per heavy atom. The van der Waals surface area contributed by atoms with Crippen molar-refractivity contribution < 1.29 is 17.9 Å². The number of ether oxygens (including phenoxy) is 1. The van der Waals surface area contributed by atoms with Crippen molar-refractivity contribution in [3.05, 3.63) is 23.8 Å². The highest BCUT2D eigenvalue weighted by atomic mass is 19.4. The molecule has 1 fully saturated rings. The van der Waals surface area contributed by atoms with Crippen LogP contribution in [0.25, 0.3) is 0 Å². The largest absolute Gasteiger partial charge is 0.451 e. The topological polar surface area (TPSA) is 50.3 Å². The number of aromatic nitrogens is 2. The number of unbranched alkanes of at least 4 members (excludes halogenated alkanes) is 7. The van der Waals surface area contributed by atoms with Crippen molar-refractivity contribution in [2.45, 2.75) is 70.5 Å². The van der Waals surface area contributed by atoms with Crippen LogP contribution in [0.2, 0.25) is 0 Å². The van der Waals surface area contributed by atoms with Crippen LogP contribution in [0.4, 0.5) is 13.2 Å². The fourth-order valence-corrected chi connectivity index (χ4v) is 3.63. The number of hydrogen-bond donors (Lipinski definition) is 1. The van der Waals surface area contributed by atoms with Crippen LogP contribution < -0.4 is 5.32 Å². The van der Waals surface area contributed by atoms with Crippen molar-refractivity contribution in [1.29, 1.82) is 0 Å². The van der Waals surface area contributed by atoms with E-state index in [1.165, 1.54) is 57.3 Å². The number of halogens is 3. The van der Waals surface area contributed by atoms with Gasteiger partial charge >= 0.3 is 6.18 Å². The molecule has 0 saturated carbocycles. The Balaban J connectivity index is 1.78. The van der Waals surface area contributed by atoms with Crippen molar-refractivity contribution in [2.24, 2.45) is 0 Å². The molecule has 5 nitrogen and oxygen atoms in total. The molecule has 1 aromatic rings. The standard InChI is InChI=1S/C21H35F3N4O/c1-2-3-4-5-6-7-8-9-10-25-17-19(28-11-13-29-14-12-28)18-15-26-20(27-16-18)21(22,23)24/h15-16,19,25H,2-14,17H2,1H3/t19-/m1/s1. The summed E-state index contributed by atoms with van der Waals surface area (Å²) in [6.07, 6.45) is 8.29. The van der Waals surface area contributed by atoms with E-state index in [4.69, 9.17) is 4.74 Å². The van der Waals surface area contributed by atoms with Crippen molar-refractivity contribution in [1.82, 2.24) is 20.2 Å². The molecule has 0 aliphatic carbocycles. The second-order valence-electron chi connectivity index (χ2n) is 7.68. The van der Waals surface area contributed by atoms with Crippen LogP contribution in [0.5, 0.6) is 0 Å². The number of morpholine rings is 1. The molecule has 1 aromatic heterocycles. The van der Waals surface area contributed by atoms with Crippen molar-refractivity contribution in [3.8, 4) is 0 Å². The van der Waals surface area contributed by atoms with Gasteiger partial charge in [0.05, 0.1) is 19.3 Å². The molecule has 0 bridgehead atoms. The van der Waals surface area contributed by atoms with Gasteiger partial charge in [-0.05, 0) is 13.0 Å². The third-order valence-electron chi connectivity index (χ3n) is 5.34. The van der Waals surface area contributed by atoms with Gasteiger partial charge in [-0.2, -0.15) is 13.2 Å². The molecule has 1 saturated heterocycles. The molecule has 1 atom stereocenters. The SMILES string of the molecule is CCCCCCCCCCNC[C@H](c1cnc(C(F)(F)F)nc1)N1CCOCC1. The maximum absolute atomic E-state index is 12.7. The van der Waals surface area contributed by atoms with Gasteiger partial charge in [0.1, 0.15) is 0 Å². The van der Waals surface area contributed by atoms with E-state index in [2.05, 4.69) is 27.1 Å². The first-order chi connectivity index (χ1) is 14.0. The van der Waals surface area contributed by atoms with Crippen molar-refractivity contribution >= 4 is 0 Å². The van der Waals surface area contributed by atoms with Crippen LogP contribution >= 0.6 is 0 Å². The molecule has 0 aromatic carbocycles. The summed E-state index contributed by atoms with van der Waals surface area (Å²) in [5, 5.41) is 3.48. The lowest BCUT2D eigenvalue weighted by Gasteiger charge is -2.34. The van der Waals surface area contributed by atoms with Gasteiger partial charge in [0.2, 0.25) is 5.82 Å².